The van der Waals surface area contributed by atoms with E-state index in [9.17, 15) is 5.26 Å². The molecule has 1 N–H and O–H groups in total. The Labute approximate surface area is 106 Å². The number of ether oxygens (including phenoxy) is 1. The minimum absolute atomic E-state index is 0.293. The molecule has 1 fully saturated rings. The maximum atomic E-state index is 9.30. The average Bonchev–Trinajstić information content (AvgIpc) is 2.97. The van der Waals surface area contributed by atoms with Gasteiger partial charge < -0.3 is 4.74 Å². The lowest BCUT2D eigenvalue weighted by Crippen LogP contribution is -2.42. The molecule has 0 amide bonds. The Morgan fingerprint density at radius 1 is 1.22 bits per heavy atom. The number of hydrogen-bond donors (Lipinski definition) is 1. The van der Waals surface area contributed by atoms with E-state index < -0.39 is 11.4 Å². The lowest BCUT2D eigenvalue weighted by Gasteiger charge is -2.27. The van der Waals surface area contributed by atoms with Crippen molar-refractivity contribution in [2.24, 2.45) is 5.41 Å². The molecule has 2 unspecified atom stereocenters. The lowest BCUT2D eigenvalue weighted by molar-refractivity contribution is -0.344. The number of hydrogen-bond acceptors (Lipinski definition) is 3. The summed E-state index contributed by atoms with van der Waals surface area (Å²) in [4.78, 5) is 4.75. The molecule has 1 aliphatic heterocycles. The minimum Gasteiger partial charge on any atom is -0.327 e. The monoisotopic (exact) mass is 246 g/mol. The fourth-order valence-corrected chi connectivity index (χ4v) is 2.95. The van der Waals surface area contributed by atoms with Crippen LogP contribution in [0.15, 0.2) is 24.3 Å². The van der Waals surface area contributed by atoms with Crippen molar-refractivity contribution in [1.29, 1.82) is 0 Å². The standard InChI is InChI=1S/C15H18O3/c1-13(2,3)15(18-16)14(17-15)9-8-11-6-4-5-7-12(11)10-14/h4-8,10,16H,9H2,1-3H3. The van der Waals surface area contributed by atoms with Crippen LogP contribution in [0.4, 0.5) is 0 Å². The Morgan fingerprint density at radius 3 is 2.44 bits per heavy atom. The molecular formula is C15H18O3. The second-order valence-corrected chi connectivity index (χ2v) is 6.13. The van der Waals surface area contributed by atoms with E-state index in [0.29, 0.717) is 0 Å². The van der Waals surface area contributed by atoms with Crippen molar-refractivity contribution in [1.82, 2.24) is 0 Å². The second kappa shape index (κ2) is 3.44. The molecule has 18 heavy (non-hydrogen) atoms. The van der Waals surface area contributed by atoms with Gasteiger partial charge in [0.05, 0.1) is 0 Å². The first-order valence-electron chi connectivity index (χ1n) is 6.25. The van der Waals surface area contributed by atoms with Crippen molar-refractivity contribution in [2.75, 3.05) is 0 Å². The van der Waals surface area contributed by atoms with Crippen LogP contribution in [0.3, 0.4) is 0 Å². The van der Waals surface area contributed by atoms with E-state index in [4.69, 9.17) is 9.62 Å². The molecular weight excluding hydrogens is 228 g/mol. The Bertz CT molecular complexity index is 599. The maximum absolute atomic E-state index is 9.30. The highest BCUT2D eigenvalue weighted by molar-refractivity contribution is 5.54. The van der Waals surface area contributed by atoms with Gasteiger partial charge in [-0.3, -0.25) is 0 Å². The third-order valence-corrected chi connectivity index (χ3v) is 3.97. The largest absolute Gasteiger partial charge is 0.327 e. The summed E-state index contributed by atoms with van der Waals surface area (Å²) < 4.78 is 5.84. The molecule has 0 bridgehead atoms. The van der Waals surface area contributed by atoms with Crippen LogP contribution in [0.2, 0.25) is 0 Å². The average molecular weight is 246 g/mol. The highest BCUT2D eigenvalue weighted by Crippen LogP contribution is 2.61. The van der Waals surface area contributed by atoms with Gasteiger partial charge >= 0.3 is 0 Å². The molecule has 2 aliphatic rings. The van der Waals surface area contributed by atoms with Gasteiger partial charge in [-0.2, -0.15) is 4.89 Å². The minimum atomic E-state index is -0.940. The fourth-order valence-electron chi connectivity index (χ4n) is 2.95. The Hall–Kier alpha value is -1.16. The van der Waals surface area contributed by atoms with E-state index in [-0.39, 0.29) is 5.41 Å². The Morgan fingerprint density at radius 2 is 1.89 bits per heavy atom. The molecule has 0 saturated carbocycles. The highest BCUT2D eigenvalue weighted by atomic mass is 17.2. The van der Waals surface area contributed by atoms with Gasteiger partial charge in [0.25, 0.3) is 0 Å². The van der Waals surface area contributed by atoms with Gasteiger partial charge in [0.15, 0.2) is 5.60 Å². The summed E-state index contributed by atoms with van der Waals surface area (Å²) in [6.45, 7) is 6.02. The zero-order valence-electron chi connectivity index (χ0n) is 10.9. The van der Waals surface area contributed by atoms with E-state index in [1.54, 1.807) is 0 Å². The molecule has 1 aromatic rings. The van der Waals surface area contributed by atoms with Gasteiger partial charge in [-0.1, -0.05) is 51.1 Å². The quantitative estimate of drug-likeness (QED) is 0.465. The van der Waals surface area contributed by atoms with Gasteiger partial charge in [0.1, 0.15) is 0 Å². The summed E-state index contributed by atoms with van der Waals surface area (Å²) in [5, 5.41) is 11.6. The molecule has 0 radical (unpaired) electrons. The zero-order chi connectivity index (χ0) is 13.0. The van der Waals surface area contributed by atoms with Crippen molar-refractivity contribution in [2.45, 2.75) is 38.6 Å². The topological polar surface area (TPSA) is 42.0 Å². The third-order valence-electron chi connectivity index (χ3n) is 3.97. The van der Waals surface area contributed by atoms with Crippen molar-refractivity contribution < 1.29 is 14.9 Å². The van der Waals surface area contributed by atoms with Crippen molar-refractivity contribution >= 4 is 12.2 Å². The lowest BCUT2D eigenvalue weighted by atomic mass is 9.78. The van der Waals surface area contributed by atoms with Crippen molar-refractivity contribution in [3.05, 3.63) is 34.7 Å². The normalized spacial score (nSPS) is 33.6. The molecule has 96 valence electrons. The number of rotatable bonds is 1. The molecule has 1 aliphatic carbocycles. The number of epoxide rings is 1. The van der Waals surface area contributed by atoms with Crippen LogP contribution in [0.5, 0.6) is 0 Å². The van der Waals surface area contributed by atoms with Crippen LogP contribution < -0.4 is 10.4 Å². The second-order valence-electron chi connectivity index (χ2n) is 6.13. The van der Waals surface area contributed by atoms with E-state index >= 15 is 0 Å². The van der Waals surface area contributed by atoms with Crippen LogP contribution >= 0.6 is 0 Å². The first-order chi connectivity index (χ1) is 8.44. The number of benzene rings is 1. The Balaban J connectivity index is 2.11. The van der Waals surface area contributed by atoms with Gasteiger partial charge in [0.2, 0.25) is 5.79 Å². The first kappa shape index (κ1) is 11.9. The van der Waals surface area contributed by atoms with Gasteiger partial charge in [-0.15, -0.1) is 0 Å². The van der Waals surface area contributed by atoms with Gasteiger partial charge in [0, 0.05) is 11.8 Å². The summed E-state index contributed by atoms with van der Waals surface area (Å²) >= 11 is 0. The van der Waals surface area contributed by atoms with E-state index in [1.807, 2.05) is 32.9 Å². The predicted octanol–water partition coefficient (Wildman–Crippen LogP) is 1.65. The Kier molecular flexibility index (Phi) is 2.28. The smallest absolute Gasteiger partial charge is 0.240 e. The molecule has 1 spiro atoms. The zero-order valence-corrected chi connectivity index (χ0v) is 10.9. The molecule has 1 saturated heterocycles. The molecule has 1 heterocycles. The molecule has 3 nitrogen and oxygen atoms in total. The highest BCUT2D eigenvalue weighted by Gasteiger charge is 2.76. The van der Waals surface area contributed by atoms with E-state index in [2.05, 4.69) is 24.3 Å². The molecule has 0 aromatic heterocycles. The van der Waals surface area contributed by atoms with Gasteiger partial charge in [-0.05, 0) is 16.5 Å². The third kappa shape index (κ3) is 1.35. The maximum Gasteiger partial charge on any atom is 0.240 e. The van der Waals surface area contributed by atoms with E-state index in [0.717, 1.165) is 11.6 Å². The summed E-state index contributed by atoms with van der Waals surface area (Å²) in [6, 6.07) is 8.16. The molecule has 3 heteroatoms. The van der Waals surface area contributed by atoms with Crippen LogP contribution in [-0.4, -0.2) is 16.6 Å². The van der Waals surface area contributed by atoms with Gasteiger partial charge in [-0.25, -0.2) is 5.26 Å². The van der Waals surface area contributed by atoms with Crippen LogP contribution in [0.25, 0.3) is 12.2 Å². The number of fused-ring (bicyclic) bond motifs is 1. The summed E-state index contributed by atoms with van der Waals surface area (Å²) in [5.74, 6) is -0.940. The van der Waals surface area contributed by atoms with Crippen LogP contribution in [0.1, 0.15) is 27.2 Å². The van der Waals surface area contributed by atoms with Crippen LogP contribution in [0, 0.1) is 5.41 Å². The molecule has 2 atom stereocenters. The summed E-state index contributed by atoms with van der Waals surface area (Å²) in [6.07, 6.45) is 4.94. The van der Waals surface area contributed by atoms with Crippen molar-refractivity contribution in [3.63, 3.8) is 0 Å². The fraction of sp³-hybridized carbons (Fsp3) is 0.467. The molecule has 1 aromatic carbocycles. The predicted molar refractivity (Wildman–Crippen MR) is 69.0 cm³/mol. The van der Waals surface area contributed by atoms with Crippen molar-refractivity contribution in [3.8, 4) is 0 Å². The SMILES string of the molecule is CC(C)(C)C1(OO)OC12C=c1ccccc1=CC2. The summed E-state index contributed by atoms with van der Waals surface area (Å²) in [7, 11) is 0. The molecule has 3 rings (SSSR count). The first-order valence-corrected chi connectivity index (χ1v) is 6.25. The van der Waals surface area contributed by atoms with Crippen LogP contribution in [-0.2, 0) is 9.62 Å². The van der Waals surface area contributed by atoms with E-state index in [1.165, 1.54) is 5.22 Å². The summed E-state index contributed by atoms with van der Waals surface area (Å²) in [5.41, 5.74) is -0.827.